The lowest BCUT2D eigenvalue weighted by atomic mass is 9.95. The van der Waals surface area contributed by atoms with E-state index in [2.05, 4.69) is 17.4 Å². The van der Waals surface area contributed by atoms with E-state index >= 15 is 0 Å². The van der Waals surface area contributed by atoms with E-state index in [1.165, 1.54) is 12.1 Å². The number of ether oxygens (including phenoxy) is 1. The molecule has 2 nitrogen and oxygen atoms in total. The van der Waals surface area contributed by atoms with Crippen molar-refractivity contribution in [3.8, 4) is 5.75 Å². The van der Waals surface area contributed by atoms with Crippen molar-refractivity contribution >= 4 is 11.6 Å². The quantitative estimate of drug-likeness (QED) is 0.903. The summed E-state index contributed by atoms with van der Waals surface area (Å²) in [7, 11) is 3.53. The highest BCUT2D eigenvalue weighted by Gasteiger charge is 2.18. The predicted molar refractivity (Wildman–Crippen MR) is 84.8 cm³/mol. The lowest BCUT2D eigenvalue weighted by Crippen LogP contribution is -2.18. The van der Waals surface area contributed by atoms with E-state index in [-0.39, 0.29) is 11.9 Å². The summed E-state index contributed by atoms with van der Waals surface area (Å²) < 4.78 is 18.6. The van der Waals surface area contributed by atoms with Crippen LogP contribution < -0.4 is 10.1 Å². The molecule has 0 saturated heterocycles. The van der Waals surface area contributed by atoms with Crippen molar-refractivity contribution in [2.24, 2.45) is 0 Å². The van der Waals surface area contributed by atoms with Crippen molar-refractivity contribution in [1.29, 1.82) is 0 Å². The number of methoxy groups -OCH3 is 1. The molecule has 0 aliphatic rings. The molecule has 1 N–H and O–H groups in total. The number of rotatable bonds is 4. The first-order chi connectivity index (χ1) is 9.97. The number of benzene rings is 2. The maximum Gasteiger partial charge on any atom is 0.124 e. The number of nitrogens with one attached hydrogen (secondary N) is 1. The van der Waals surface area contributed by atoms with E-state index in [9.17, 15) is 4.39 Å². The van der Waals surface area contributed by atoms with Gasteiger partial charge >= 0.3 is 0 Å². The fraction of sp³-hybridized carbons (Fsp3) is 0.294. The Morgan fingerprint density at radius 1 is 1.14 bits per heavy atom. The van der Waals surface area contributed by atoms with Gasteiger partial charge in [0.1, 0.15) is 11.6 Å². The van der Waals surface area contributed by atoms with Crippen LogP contribution in [0.4, 0.5) is 4.39 Å². The van der Waals surface area contributed by atoms with Crippen LogP contribution in [0.15, 0.2) is 30.3 Å². The van der Waals surface area contributed by atoms with Gasteiger partial charge in [-0.15, -0.1) is 0 Å². The van der Waals surface area contributed by atoms with Crippen LogP contribution in [-0.4, -0.2) is 14.2 Å². The second-order valence-electron chi connectivity index (χ2n) is 5.08. The Labute approximate surface area is 129 Å². The molecule has 2 rings (SSSR count). The second kappa shape index (κ2) is 6.46. The summed E-state index contributed by atoms with van der Waals surface area (Å²) in [5, 5.41) is 3.66. The zero-order chi connectivity index (χ0) is 15.6. The summed E-state index contributed by atoms with van der Waals surface area (Å²) in [6, 6.07) is 8.51. The average molecular weight is 308 g/mol. The summed E-state index contributed by atoms with van der Waals surface area (Å²) in [5.41, 5.74) is 4.04. The summed E-state index contributed by atoms with van der Waals surface area (Å²) in [6.07, 6.45) is 0. The van der Waals surface area contributed by atoms with Crippen LogP contribution in [0.25, 0.3) is 0 Å². The number of hydrogen-bond donors (Lipinski definition) is 1. The fourth-order valence-corrected chi connectivity index (χ4v) is 2.99. The molecule has 1 unspecified atom stereocenters. The first-order valence-electron chi connectivity index (χ1n) is 6.75. The minimum atomic E-state index is -0.333. The van der Waals surface area contributed by atoms with Gasteiger partial charge in [-0.1, -0.05) is 29.8 Å². The van der Waals surface area contributed by atoms with Gasteiger partial charge in [0.15, 0.2) is 0 Å². The van der Waals surface area contributed by atoms with Gasteiger partial charge in [-0.25, -0.2) is 4.39 Å². The van der Waals surface area contributed by atoms with E-state index in [0.717, 1.165) is 28.0 Å². The molecule has 0 heterocycles. The Bertz CT molecular complexity index is 634. The zero-order valence-corrected chi connectivity index (χ0v) is 13.4. The number of aryl methyl sites for hydroxylation is 2. The van der Waals surface area contributed by atoms with Gasteiger partial charge in [0, 0.05) is 5.02 Å². The predicted octanol–water partition coefficient (Wildman–Crippen LogP) is 4.41. The second-order valence-corrected chi connectivity index (χ2v) is 5.48. The third kappa shape index (κ3) is 3.20. The topological polar surface area (TPSA) is 21.3 Å². The molecule has 0 saturated carbocycles. The van der Waals surface area contributed by atoms with Crippen LogP contribution in [0.2, 0.25) is 5.02 Å². The number of hydrogen-bond acceptors (Lipinski definition) is 2. The molecule has 21 heavy (non-hydrogen) atoms. The van der Waals surface area contributed by atoms with Crippen LogP contribution in [0.3, 0.4) is 0 Å². The van der Waals surface area contributed by atoms with Crippen molar-refractivity contribution in [1.82, 2.24) is 5.32 Å². The highest BCUT2D eigenvalue weighted by molar-refractivity contribution is 6.31. The molecule has 0 aromatic heterocycles. The molecule has 0 aliphatic heterocycles. The SMILES string of the molecule is CNC(c1cc(C)c(OC)c(C)c1)c1ccc(F)cc1Cl. The van der Waals surface area contributed by atoms with Crippen molar-refractivity contribution in [2.75, 3.05) is 14.2 Å². The van der Waals surface area contributed by atoms with Crippen molar-refractivity contribution in [2.45, 2.75) is 19.9 Å². The molecule has 0 spiro atoms. The summed E-state index contributed by atoms with van der Waals surface area (Å²) in [6.45, 7) is 4.02. The highest BCUT2D eigenvalue weighted by atomic mass is 35.5. The van der Waals surface area contributed by atoms with Crippen molar-refractivity contribution in [3.05, 3.63) is 63.4 Å². The van der Waals surface area contributed by atoms with Gasteiger partial charge in [0.2, 0.25) is 0 Å². The molecule has 0 fully saturated rings. The first kappa shape index (κ1) is 15.8. The Morgan fingerprint density at radius 2 is 1.76 bits per heavy atom. The van der Waals surface area contributed by atoms with Gasteiger partial charge in [-0.2, -0.15) is 0 Å². The summed E-state index contributed by atoms with van der Waals surface area (Å²) in [5.74, 6) is 0.555. The maximum absolute atomic E-state index is 13.2. The van der Waals surface area contributed by atoms with E-state index in [4.69, 9.17) is 16.3 Å². The largest absolute Gasteiger partial charge is 0.496 e. The molecule has 0 amide bonds. The Balaban J connectivity index is 2.51. The average Bonchev–Trinajstić information content (AvgIpc) is 2.41. The van der Waals surface area contributed by atoms with E-state index in [1.807, 2.05) is 20.9 Å². The van der Waals surface area contributed by atoms with Gasteiger partial charge < -0.3 is 10.1 Å². The van der Waals surface area contributed by atoms with Gasteiger partial charge in [-0.05, 0) is 55.3 Å². The molecule has 0 radical (unpaired) electrons. The number of halogens is 2. The van der Waals surface area contributed by atoms with Crippen LogP contribution in [0, 0.1) is 19.7 Å². The zero-order valence-electron chi connectivity index (χ0n) is 12.6. The smallest absolute Gasteiger partial charge is 0.124 e. The third-order valence-corrected chi connectivity index (χ3v) is 3.91. The lowest BCUT2D eigenvalue weighted by Gasteiger charge is -2.21. The molecule has 2 aromatic rings. The normalized spacial score (nSPS) is 12.3. The molecule has 0 bridgehead atoms. The van der Waals surface area contributed by atoms with Crippen LogP contribution in [0.1, 0.15) is 28.3 Å². The third-order valence-electron chi connectivity index (χ3n) is 3.58. The van der Waals surface area contributed by atoms with Crippen LogP contribution >= 0.6 is 11.6 Å². The minimum Gasteiger partial charge on any atom is -0.496 e. The van der Waals surface area contributed by atoms with Crippen molar-refractivity contribution in [3.63, 3.8) is 0 Å². The standard InChI is InChI=1S/C17H19ClFNO/c1-10-7-12(8-11(2)17(10)21-4)16(20-3)14-6-5-13(19)9-15(14)18/h5-9,16,20H,1-4H3. The molecular formula is C17H19ClFNO. The fourth-order valence-electron chi connectivity index (χ4n) is 2.71. The Morgan fingerprint density at radius 3 is 2.24 bits per heavy atom. The highest BCUT2D eigenvalue weighted by Crippen LogP contribution is 2.33. The van der Waals surface area contributed by atoms with Crippen LogP contribution in [-0.2, 0) is 0 Å². The van der Waals surface area contributed by atoms with Gasteiger partial charge in [-0.3, -0.25) is 0 Å². The molecular weight excluding hydrogens is 289 g/mol. The lowest BCUT2D eigenvalue weighted by molar-refractivity contribution is 0.408. The Hall–Kier alpha value is -1.58. The molecule has 4 heteroatoms. The maximum atomic E-state index is 13.2. The molecule has 0 aliphatic carbocycles. The summed E-state index contributed by atoms with van der Waals surface area (Å²) >= 11 is 6.19. The van der Waals surface area contributed by atoms with Gasteiger partial charge in [0.25, 0.3) is 0 Å². The monoisotopic (exact) mass is 307 g/mol. The molecule has 112 valence electrons. The van der Waals surface area contributed by atoms with E-state index in [0.29, 0.717) is 5.02 Å². The summed E-state index contributed by atoms with van der Waals surface area (Å²) in [4.78, 5) is 0. The van der Waals surface area contributed by atoms with E-state index < -0.39 is 0 Å². The van der Waals surface area contributed by atoms with Crippen molar-refractivity contribution < 1.29 is 9.13 Å². The van der Waals surface area contributed by atoms with Crippen LogP contribution in [0.5, 0.6) is 5.75 Å². The molecule has 1 atom stereocenters. The minimum absolute atomic E-state index is 0.0959. The van der Waals surface area contributed by atoms with Gasteiger partial charge in [0.05, 0.1) is 13.2 Å². The first-order valence-corrected chi connectivity index (χ1v) is 7.13. The van der Waals surface area contributed by atoms with E-state index in [1.54, 1.807) is 13.2 Å². The Kier molecular flexibility index (Phi) is 4.86. The molecule has 2 aromatic carbocycles.